The van der Waals surface area contributed by atoms with Gasteiger partial charge in [0.25, 0.3) is 0 Å². The maximum absolute atomic E-state index is 12.3. The molecule has 2 amide bonds. The molecule has 8 heteroatoms. The summed E-state index contributed by atoms with van der Waals surface area (Å²) < 4.78 is 0. The molecule has 2 heterocycles. The number of H-pyrrole nitrogens is 1. The SMILES string of the molecule is C[C@@H]1CNC(=O)[C@@H](C)c2c1[nH]c1c(Cl)c(Cl)cc(NC(=O)CO)c21. The number of aromatic nitrogens is 1. The summed E-state index contributed by atoms with van der Waals surface area (Å²) in [5.41, 5.74) is 2.68. The number of hydrogen-bond acceptors (Lipinski definition) is 3. The summed E-state index contributed by atoms with van der Waals surface area (Å²) >= 11 is 12.5. The van der Waals surface area contributed by atoms with Crippen molar-refractivity contribution in [1.29, 1.82) is 0 Å². The van der Waals surface area contributed by atoms with E-state index in [0.717, 1.165) is 11.3 Å². The minimum Gasteiger partial charge on any atom is -0.387 e. The molecule has 128 valence electrons. The van der Waals surface area contributed by atoms with Crippen LogP contribution in [0.3, 0.4) is 0 Å². The van der Waals surface area contributed by atoms with Gasteiger partial charge in [-0.3, -0.25) is 9.59 Å². The molecule has 0 saturated carbocycles. The summed E-state index contributed by atoms with van der Waals surface area (Å²) in [6.45, 7) is 3.65. The topological polar surface area (TPSA) is 94.2 Å². The second-order valence-corrected chi connectivity index (χ2v) is 6.78. The fraction of sp³-hybridized carbons (Fsp3) is 0.375. The zero-order valence-electron chi connectivity index (χ0n) is 13.2. The molecule has 0 saturated heterocycles. The molecule has 0 radical (unpaired) electrons. The fourth-order valence-corrected chi connectivity index (χ4v) is 3.53. The highest BCUT2D eigenvalue weighted by Crippen LogP contribution is 2.44. The van der Waals surface area contributed by atoms with E-state index in [4.69, 9.17) is 28.3 Å². The van der Waals surface area contributed by atoms with Gasteiger partial charge in [-0.15, -0.1) is 0 Å². The number of carbonyl (C=O) groups is 2. The highest BCUT2D eigenvalue weighted by Gasteiger charge is 2.31. The van der Waals surface area contributed by atoms with Gasteiger partial charge in [0.1, 0.15) is 6.61 Å². The molecule has 2 aromatic rings. The van der Waals surface area contributed by atoms with Gasteiger partial charge in [0.05, 0.1) is 27.2 Å². The van der Waals surface area contributed by atoms with Crippen molar-refractivity contribution < 1.29 is 14.7 Å². The Balaban J connectivity index is 2.35. The number of carbonyl (C=O) groups excluding carboxylic acids is 2. The number of amides is 2. The van der Waals surface area contributed by atoms with E-state index in [1.54, 1.807) is 6.92 Å². The molecule has 24 heavy (non-hydrogen) atoms. The third-order valence-corrected chi connectivity index (χ3v) is 5.15. The van der Waals surface area contributed by atoms with Crippen molar-refractivity contribution in [3.8, 4) is 0 Å². The summed E-state index contributed by atoms with van der Waals surface area (Å²) in [5.74, 6) is -1.02. The van der Waals surface area contributed by atoms with E-state index in [9.17, 15) is 9.59 Å². The van der Waals surface area contributed by atoms with E-state index in [1.165, 1.54) is 6.07 Å². The summed E-state index contributed by atoms with van der Waals surface area (Å²) in [6, 6.07) is 1.54. The van der Waals surface area contributed by atoms with Crippen molar-refractivity contribution in [2.24, 2.45) is 0 Å². The predicted molar refractivity (Wildman–Crippen MR) is 93.9 cm³/mol. The molecule has 6 nitrogen and oxygen atoms in total. The first kappa shape index (κ1) is 17.1. The normalized spacial score (nSPS) is 20.5. The molecule has 0 unspecified atom stereocenters. The monoisotopic (exact) mass is 369 g/mol. The molecule has 1 aromatic heterocycles. The fourth-order valence-electron chi connectivity index (χ4n) is 3.13. The lowest BCUT2D eigenvalue weighted by Gasteiger charge is -2.13. The van der Waals surface area contributed by atoms with E-state index < -0.39 is 18.4 Å². The number of aliphatic hydroxyl groups is 1. The minimum atomic E-state index is -0.652. The molecule has 2 atom stereocenters. The highest BCUT2D eigenvalue weighted by molar-refractivity contribution is 6.45. The molecule has 0 bridgehead atoms. The Morgan fingerprint density at radius 1 is 1.42 bits per heavy atom. The molecular formula is C16H17Cl2N3O3. The van der Waals surface area contributed by atoms with Crippen LogP contribution in [-0.2, 0) is 9.59 Å². The number of fused-ring (bicyclic) bond motifs is 3. The molecule has 4 N–H and O–H groups in total. The summed E-state index contributed by atoms with van der Waals surface area (Å²) in [7, 11) is 0. The largest absolute Gasteiger partial charge is 0.387 e. The average molecular weight is 370 g/mol. The van der Waals surface area contributed by atoms with Crippen molar-refractivity contribution in [3.63, 3.8) is 0 Å². The highest BCUT2D eigenvalue weighted by atomic mass is 35.5. The molecule has 0 aliphatic carbocycles. The average Bonchev–Trinajstić information content (AvgIpc) is 2.92. The van der Waals surface area contributed by atoms with Crippen LogP contribution in [0.5, 0.6) is 0 Å². The Kier molecular flexibility index (Phi) is 4.46. The van der Waals surface area contributed by atoms with Crippen LogP contribution in [0.1, 0.15) is 36.9 Å². The van der Waals surface area contributed by atoms with Crippen LogP contribution in [0.2, 0.25) is 10.0 Å². The van der Waals surface area contributed by atoms with Gasteiger partial charge in [-0.1, -0.05) is 30.1 Å². The van der Waals surface area contributed by atoms with Crippen LogP contribution in [0, 0.1) is 0 Å². The number of benzene rings is 1. The smallest absolute Gasteiger partial charge is 0.250 e. The zero-order chi connectivity index (χ0) is 17.6. The minimum absolute atomic E-state index is 0.0533. The lowest BCUT2D eigenvalue weighted by atomic mass is 9.93. The van der Waals surface area contributed by atoms with E-state index in [2.05, 4.69) is 15.6 Å². The Hall–Kier alpha value is -1.76. The van der Waals surface area contributed by atoms with Gasteiger partial charge in [-0.2, -0.15) is 0 Å². The van der Waals surface area contributed by atoms with Crippen molar-refractivity contribution in [2.45, 2.75) is 25.7 Å². The molecule has 1 aliphatic rings. The van der Waals surface area contributed by atoms with Crippen LogP contribution in [0.25, 0.3) is 10.9 Å². The number of rotatable bonds is 2. The number of nitrogens with one attached hydrogen (secondary N) is 3. The Labute approximate surface area is 148 Å². The van der Waals surface area contributed by atoms with Crippen LogP contribution in [-0.4, -0.2) is 35.1 Å². The summed E-state index contributed by atoms with van der Waals surface area (Å²) in [6.07, 6.45) is 0. The van der Waals surface area contributed by atoms with Gasteiger partial charge >= 0.3 is 0 Å². The first-order valence-electron chi connectivity index (χ1n) is 7.57. The lowest BCUT2D eigenvalue weighted by molar-refractivity contribution is -0.122. The quantitative estimate of drug-likeness (QED) is 0.655. The second kappa shape index (κ2) is 6.27. The Bertz CT molecular complexity index is 847. The van der Waals surface area contributed by atoms with E-state index in [-0.39, 0.29) is 16.8 Å². The first-order valence-corrected chi connectivity index (χ1v) is 8.32. The van der Waals surface area contributed by atoms with Crippen molar-refractivity contribution >= 4 is 51.6 Å². The van der Waals surface area contributed by atoms with Crippen LogP contribution in [0.4, 0.5) is 5.69 Å². The predicted octanol–water partition coefficient (Wildman–Crippen LogP) is 2.74. The number of halogens is 2. The van der Waals surface area contributed by atoms with Gasteiger partial charge in [0, 0.05) is 23.5 Å². The third kappa shape index (κ3) is 2.64. The molecule has 1 aliphatic heterocycles. The van der Waals surface area contributed by atoms with Gasteiger partial charge in [0.15, 0.2) is 0 Å². The Morgan fingerprint density at radius 3 is 2.79 bits per heavy atom. The van der Waals surface area contributed by atoms with Crippen molar-refractivity contribution in [1.82, 2.24) is 10.3 Å². The Morgan fingerprint density at radius 2 is 2.12 bits per heavy atom. The second-order valence-electron chi connectivity index (χ2n) is 6.00. The van der Waals surface area contributed by atoms with Crippen LogP contribution >= 0.6 is 23.2 Å². The molecule has 0 spiro atoms. The van der Waals surface area contributed by atoms with Crippen LogP contribution in [0.15, 0.2) is 6.07 Å². The summed E-state index contributed by atoms with van der Waals surface area (Å²) in [5, 5.41) is 15.8. The maximum Gasteiger partial charge on any atom is 0.250 e. The molecule has 3 rings (SSSR count). The van der Waals surface area contributed by atoms with Gasteiger partial charge in [-0.25, -0.2) is 0 Å². The molecular weight excluding hydrogens is 353 g/mol. The van der Waals surface area contributed by atoms with Gasteiger partial charge in [-0.05, 0) is 18.6 Å². The van der Waals surface area contributed by atoms with Crippen molar-refractivity contribution in [2.75, 3.05) is 18.5 Å². The van der Waals surface area contributed by atoms with Gasteiger partial charge < -0.3 is 20.7 Å². The molecule has 0 fully saturated rings. The number of aliphatic hydroxyl groups excluding tert-OH is 1. The van der Waals surface area contributed by atoms with Crippen LogP contribution < -0.4 is 10.6 Å². The third-order valence-electron chi connectivity index (χ3n) is 4.36. The number of aromatic amines is 1. The lowest BCUT2D eigenvalue weighted by Crippen LogP contribution is -2.27. The standard InChI is InChI=1S/C16H17Cl2N3O3/c1-6-4-19-16(24)7(2)11-12-9(20-10(23)5-22)3-8(17)13(18)15(12)21-14(6)11/h3,6-7,21-22H,4-5H2,1-2H3,(H,19,24)(H,20,23)/t6-,7+/m1/s1. The number of hydrogen-bond donors (Lipinski definition) is 4. The maximum atomic E-state index is 12.3. The van der Waals surface area contributed by atoms with E-state index in [0.29, 0.717) is 28.2 Å². The molecule has 1 aromatic carbocycles. The van der Waals surface area contributed by atoms with E-state index in [1.807, 2.05) is 6.92 Å². The zero-order valence-corrected chi connectivity index (χ0v) is 14.7. The van der Waals surface area contributed by atoms with Gasteiger partial charge in [0.2, 0.25) is 11.8 Å². The summed E-state index contributed by atoms with van der Waals surface area (Å²) in [4.78, 5) is 27.2. The number of anilines is 1. The first-order chi connectivity index (χ1) is 11.3. The van der Waals surface area contributed by atoms with Crippen molar-refractivity contribution in [3.05, 3.63) is 27.4 Å². The van der Waals surface area contributed by atoms with E-state index >= 15 is 0 Å².